The van der Waals surface area contributed by atoms with Crippen molar-refractivity contribution in [2.75, 3.05) is 19.1 Å². The van der Waals surface area contributed by atoms with Crippen LogP contribution in [0.1, 0.15) is 10.4 Å². The summed E-state index contributed by atoms with van der Waals surface area (Å²) >= 11 is 0. The Morgan fingerprint density at radius 2 is 2.12 bits per heavy atom. The third kappa shape index (κ3) is 1.44. The number of nitrogens with one attached hydrogen (secondary N) is 1. The van der Waals surface area contributed by atoms with Crippen LogP contribution in [-0.2, 0) is 0 Å². The van der Waals surface area contributed by atoms with E-state index >= 15 is 0 Å². The van der Waals surface area contributed by atoms with Gasteiger partial charge in [-0.1, -0.05) is 0 Å². The van der Waals surface area contributed by atoms with E-state index in [1.807, 2.05) is 0 Å². The number of hydrogen-bond donors (Lipinski definition) is 2. The van der Waals surface area contributed by atoms with Gasteiger partial charge in [0, 0.05) is 14.1 Å². The molecule has 0 aliphatic rings. The van der Waals surface area contributed by atoms with E-state index in [2.05, 4.69) is 4.98 Å². The molecule has 2 aromatic rings. The van der Waals surface area contributed by atoms with E-state index in [-0.39, 0.29) is 11.3 Å². The molecule has 0 saturated carbocycles. The van der Waals surface area contributed by atoms with Crippen molar-refractivity contribution < 1.29 is 9.90 Å². The molecule has 16 heavy (non-hydrogen) atoms. The molecule has 0 aliphatic carbocycles. The number of carbonyl (C=O) groups is 1. The second-order valence-electron chi connectivity index (χ2n) is 3.63. The third-order valence-electron chi connectivity index (χ3n) is 2.31. The molecule has 6 nitrogen and oxygen atoms in total. The van der Waals surface area contributed by atoms with E-state index in [1.54, 1.807) is 25.2 Å². The number of rotatable bonds is 2. The van der Waals surface area contributed by atoms with Gasteiger partial charge in [-0.25, -0.2) is 14.3 Å². The monoisotopic (exact) mass is 221 g/mol. The largest absolute Gasteiger partial charge is 0.478 e. The fourth-order valence-electron chi connectivity index (χ4n) is 1.63. The summed E-state index contributed by atoms with van der Waals surface area (Å²) in [6.45, 7) is 0. The normalized spacial score (nSPS) is 10.6. The Kier molecular flexibility index (Phi) is 2.19. The molecule has 0 atom stereocenters. The molecule has 1 aromatic carbocycles. The smallest absolute Gasteiger partial charge is 0.345 e. The fourth-order valence-corrected chi connectivity index (χ4v) is 1.63. The topological polar surface area (TPSA) is 78.3 Å². The number of nitrogens with zero attached hydrogens (tertiary/aromatic N) is 2. The molecule has 0 spiro atoms. The van der Waals surface area contributed by atoms with Gasteiger partial charge in [-0.05, 0) is 18.2 Å². The first-order valence-corrected chi connectivity index (χ1v) is 4.66. The minimum Gasteiger partial charge on any atom is -0.478 e. The van der Waals surface area contributed by atoms with Crippen LogP contribution in [0, 0.1) is 0 Å². The van der Waals surface area contributed by atoms with E-state index < -0.39 is 5.97 Å². The maximum atomic E-state index is 11.6. The molecule has 0 radical (unpaired) electrons. The molecule has 1 heterocycles. The third-order valence-corrected chi connectivity index (χ3v) is 2.31. The van der Waals surface area contributed by atoms with Gasteiger partial charge >= 0.3 is 11.7 Å². The molecule has 84 valence electrons. The van der Waals surface area contributed by atoms with Crippen LogP contribution >= 0.6 is 0 Å². The molecule has 0 saturated heterocycles. The lowest BCUT2D eigenvalue weighted by molar-refractivity contribution is 0.0697. The molecular weight excluding hydrogens is 210 g/mol. The van der Waals surface area contributed by atoms with E-state index in [1.165, 1.54) is 16.8 Å². The molecule has 6 heteroatoms. The summed E-state index contributed by atoms with van der Waals surface area (Å²) in [5, 5.41) is 10.4. The molecule has 0 unspecified atom stereocenters. The van der Waals surface area contributed by atoms with E-state index in [0.29, 0.717) is 11.0 Å². The van der Waals surface area contributed by atoms with Gasteiger partial charge in [-0.3, -0.25) is 0 Å². The lowest BCUT2D eigenvalue weighted by Crippen LogP contribution is -2.33. The Morgan fingerprint density at radius 3 is 2.69 bits per heavy atom. The number of aromatic nitrogens is 2. The van der Waals surface area contributed by atoms with Crippen LogP contribution in [0.2, 0.25) is 0 Å². The first kappa shape index (κ1) is 10.3. The highest BCUT2D eigenvalue weighted by Gasteiger charge is 2.10. The number of carboxylic acids is 1. The van der Waals surface area contributed by atoms with Crippen LogP contribution < -0.4 is 10.7 Å². The number of aromatic amines is 1. The molecule has 0 bridgehead atoms. The number of aromatic carboxylic acids is 1. The van der Waals surface area contributed by atoms with Gasteiger partial charge in [0.25, 0.3) is 0 Å². The average Bonchev–Trinajstić information content (AvgIpc) is 2.51. The van der Waals surface area contributed by atoms with Gasteiger partial charge in [0.15, 0.2) is 0 Å². The van der Waals surface area contributed by atoms with Crippen molar-refractivity contribution in [1.82, 2.24) is 9.66 Å². The summed E-state index contributed by atoms with van der Waals surface area (Å²) < 4.78 is 1.43. The van der Waals surface area contributed by atoms with Crippen molar-refractivity contribution in [2.45, 2.75) is 0 Å². The lowest BCUT2D eigenvalue weighted by atomic mass is 10.2. The Hall–Kier alpha value is -2.24. The second-order valence-corrected chi connectivity index (χ2v) is 3.63. The summed E-state index contributed by atoms with van der Waals surface area (Å²) in [4.78, 5) is 24.9. The van der Waals surface area contributed by atoms with Gasteiger partial charge in [0.1, 0.15) is 0 Å². The minimum atomic E-state index is -1.01. The van der Waals surface area contributed by atoms with Gasteiger partial charge in [-0.2, -0.15) is 0 Å². The molecule has 2 rings (SSSR count). The zero-order chi connectivity index (χ0) is 11.9. The predicted octanol–water partition coefficient (Wildman–Crippen LogP) is 0.225. The van der Waals surface area contributed by atoms with Crippen LogP contribution in [-0.4, -0.2) is 34.8 Å². The average molecular weight is 221 g/mol. The number of hydrogen-bond acceptors (Lipinski definition) is 3. The van der Waals surface area contributed by atoms with Crippen molar-refractivity contribution in [3.8, 4) is 0 Å². The summed E-state index contributed by atoms with van der Waals surface area (Å²) in [6.07, 6.45) is 0. The Balaban J connectivity index is 2.75. The Bertz CT molecular complexity index is 609. The van der Waals surface area contributed by atoms with Crippen molar-refractivity contribution in [3.63, 3.8) is 0 Å². The number of imidazole rings is 1. The van der Waals surface area contributed by atoms with E-state index in [4.69, 9.17) is 5.11 Å². The minimum absolute atomic E-state index is 0.152. The van der Waals surface area contributed by atoms with Crippen molar-refractivity contribution in [1.29, 1.82) is 0 Å². The molecule has 0 fully saturated rings. The second kappa shape index (κ2) is 3.41. The summed E-state index contributed by atoms with van der Waals surface area (Å²) in [5.41, 5.74) is 1.03. The number of benzene rings is 1. The van der Waals surface area contributed by atoms with E-state index in [0.717, 1.165) is 0 Å². The highest BCUT2D eigenvalue weighted by molar-refractivity contribution is 5.92. The number of fused-ring (bicyclic) bond motifs is 1. The van der Waals surface area contributed by atoms with Crippen LogP contribution in [0.15, 0.2) is 23.0 Å². The molecule has 0 amide bonds. The summed E-state index contributed by atoms with van der Waals surface area (Å²) in [6, 6.07) is 4.52. The van der Waals surface area contributed by atoms with Crippen molar-refractivity contribution in [3.05, 3.63) is 34.2 Å². The zero-order valence-corrected chi connectivity index (χ0v) is 8.89. The number of carboxylic acid groups (broad SMARTS) is 1. The van der Waals surface area contributed by atoms with Gasteiger partial charge < -0.3 is 15.1 Å². The Morgan fingerprint density at radius 1 is 1.44 bits per heavy atom. The molecule has 2 N–H and O–H groups in total. The van der Waals surface area contributed by atoms with Gasteiger partial charge in [0.2, 0.25) is 0 Å². The highest BCUT2D eigenvalue weighted by atomic mass is 16.4. The zero-order valence-electron chi connectivity index (χ0n) is 8.89. The van der Waals surface area contributed by atoms with Crippen LogP contribution in [0.3, 0.4) is 0 Å². The first-order valence-electron chi connectivity index (χ1n) is 4.66. The van der Waals surface area contributed by atoms with Crippen LogP contribution in [0.25, 0.3) is 11.0 Å². The molecule has 0 aliphatic heterocycles. The molecule has 1 aromatic heterocycles. The standard InChI is InChI=1S/C10H11N3O3/c1-12(2)13-8-4-3-6(9(14)15)5-7(8)11-10(13)16/h3-5H,1-2H3,(H,11,16)(H,14,15). The van der Waals surface area contributed by atoms with Crippen LogP contribution in [0.4, 0.5) is 0 Å². The van der Waals surface area contributed by atoms with Crippen molar-refractivity contribution >= 4 is 17.0 Å². The predicted molar refractivity (Wildman–Crippen MR) is 59.6 cm³/mol. The van der Waals surface area contributed by atoms with Crippen molar-refractivity contribution in [2.24, 2.45) is 0 Å². The molecular formula is C10H11N3O3. The summed E-state index contributed by atoms with van der Waals surface area (Å²) in [7, 11) is 3.47. The maximum Gasteiger partial charge on any atom is 0.345 e. The van der Waals surface area contributed by atoms with Gasteiger partial charge in [0.05, 0.1) is 16.6 Å². The maximum absolute atomic E-state index is 11.6. The lowest BCUT2D eigenvalue weighted by Gasteiger charge is -2.13. The fraction of sp³-hybridized carbons (Fsp3) is 0.200. The highest BCUT2D eigenvalue weighted by Crippen LogP contribution is 2.12. The van der Waals surface area contributed by atoms with Gasteiger partial charge in [-0.15, -0.1) is 0 Å². The number of H-pyrrole nitrogens is 1. The van der Waals surface area contributed by atoms with Crippen LogP contribution in [0.5, 0.6) is 0 Å². The van der Waals surface area contributed by atoms with E-state index in [9.17, 15) is 9.59 Å². The first-order chi connectivity index (χ1) is 7.50. The quantitative estimate of drug-likeness (QED) is 0.760. The Labute approximate surface area is 90.7 Å². The SMILES string of the molecule is CN(C)n1c(=O)[nH]c2cc(C(=O)O)ccc21. The summed E-state index contributed by atoms with van der Waals surface area (Å²) in [5.74, 6) is -1.01.